The van der Waals surface area contributed by atoms with Crippen LogP contribution in [0.3, 0.4) is 0 Å². The Kier molecular flexibility index (Phi) is 6.52. The number of halogens is 1. The van der Waals surface area contributed by atoms with E-state index in [0.29, 0.717) is 16.7 Å². The lowest BCUT2D eigenvalue weighted by atomic mass is 10.1. The summed E-state index contributed by atoms with van der Waals surface area (Å²) in [6.45, 7) is 8.27. The lowest BCUT2D eigenvalue weighted by Gasteiger charge is -2.16. The first-order valence-electron chi connectivity index (χ1n) is 9.13. The van der Waals surface area contributed by atoms with Gasteiger partial charge in [-0.05, 0) is 80.3 Å². The fraction of sp³-hybridized carbons (Fsp3) is 0.381. The minimum absolute atomic E-state index is 0.583. The van der Waals surface area contributed by atoms with Gasteiger partial charge >= 0.3 is 0 Å². The van der Waals surface area contributed by atoms with Crippen molar-refractivity contribution in [1.82, 2.24) is 10.2 Å². The Morgan fingerprint density at radius 2 is 1.73 bits per heavy atom. The normalized spacial score (nSPS) is 14.4. The van der Waals surface area contributed by atoms with E-state index in [1.54, 1.807) is 0 Å². The van der Waals surface area contributed by atoms with Crippen molar-refractivity contribution in [1.29, 1.82) is 0 Å². The Labute approximate surface area is 166 Å². The Bertz CT molecular complexity index is 744. The third kappa shape index (κ3) is 5.19. The fourth-order valence-corrected chi connectivity index (χ4v) is 3.92. The summed E-state index contributed by atoms with van der Waals surface area (Å²) in [5, 5.41) is 7.75. The van der Waals surface area contributed by atoms with Crippen LogP contribution in [-0.4, -0.2) is 23.1 Å². The van der Waals surface area contributed by atoms with E-state index in [-0.39, 0.29) is 0 Å². The van der Waals surface area contributed by atoms with Gasteiger partial charge in [-0.15, -0.1) is 0 Å². The molecule has 1 aliphatic heterocycles. The summed E-state index contributed by atoms with van der Waals surface area (Å²) < 4.78 is 0. The smallest absolute Gasteiger partial charge is 0.171 e. The summed E-state index contributed by atoms with van der Waals surface area (Å²) in [5.41, 5.74) is 5.69. The molecule has 0 amide bonds. The highest BCUT2D eigenvalue weighted by Gasteiger charge is 2.11. The van der Waals surface area contributed by atoms with Crippen molar-refractivity contribution < 1.29 is 0 Å². The number of anilines is 1. The van der Waals surface area contributed by atoms with E-state index >= 15 is 0 Å². The van der Waals surface area contributed by atoms with Crippen molar-refractivity contribution in [2.45, 2.75) is 39.8 Å². The first-order chi connectivity index (χ1) is 12.5. The Morgan fingerprint density at radius 3 is 2.38 bits per heavy atom. The summed E-state index contributed by atoms with van der Waals surface area (Å²) in [5.74, 6) is 0. The van der Waals surface area contributed by atoms with E-state index in [4.69, 9.17) is 23.8 Å². The molecule has 0 spiro atoms. The molecule has 1 aliphatic rings. The average Bonchev–Trinajstić information content (AvgIpc) is 3.10. The highest BCUT2D eigenvalue weighted by atomic mass is 35.5. The zero-order valence-corrected chi connectivity index (χ0v) is 17.0. The van der Waals surface area contributed by atoms with Crippen molar-refractivity contribution >= 4 is 34.6 Å². The molecule has 0 unspecified atom stereocenters. The third-order valence-corrected chi connectivity index (χ3v) is 5.30. The summed E-state index contributed by atoms with van der Waals surface area (Å²) in [6, 6.07) is 12.8. The van der Waals surface area contributed by atoms with E-state index in [9.17, 15) is 0 Å². The highest BCUT2D eigenvalue weighted by Crippen LogP contribution is 2.27. The molecule has 0 aromatic heterocycles. The lowest BCUT2D eigenvalue weighted by molar-refractivity contribution is 0.331. The van der Waals surface area contributed by atoms with Crippen molar-refractivity contribution in [3.8, 4) is 0 Å². The number of nitrogens with one attached hydrogen (secondary N) is 2. The van der Waals surface area contributed by atoms with Crippen molar-refractivity contribution in [2.24, 2.45) is 0 Å². The number of hydrogen-bond acceptors (Lipinski definition) is 2. The van der Waals surface area contributed by atoms with Crippen LogP contribution in [0.1, 0.15) is 35.1 Å². The minimum atomic E-state index is 0.583. The first-order valence-corrected chi connectivity index (χ1v) is 9.91. The number of nitrogens with zero attached hydrogens (tertiary/aromatic N) is 1. The molecule has 2 N–H and O–H groups in total. The van der Waals surface area contributed by atoms with Crippen LogP contribution in [0.4, 0.5) is 5.69 Å². The van der Waals surface area contributed by atoms with Crippen LogP contribution in [0, 0.1) is 13.8 Å². The van der Waals surface area contributed by atoms with Gasteiger partial charge in [0, 0.05) is 13.1 Å². The maximum atomic E-state index is 6.33. The molecule has 2 aromatic carbocycles. The molecule has 0 bridgehead atoms. The number of likely N-dealkylation sites (tertiary alicyclic amines) is 1. The Morgan fingerprint density at radius 1 is 1.08 bits per heavy atom. The highest BCUT2D eigenvalue weighted by molar-refractivity contribution is 7.80. The lowest BCUT2D eigenvalue weighted by Crippen LogP contribution is -2.28. The molecule has 5 heteroatoms. The molecule has 2 aromatic rings. The standard InChI is InChI=1S/C21H26ClN3S/c1-15-11-16(2)20(19(22)12-15)24-21(26)23-13-17-5-7-18(8-6-17)14-25-9-3-4-10-25/h5-8,11-12H,3-4,9-10,13-14H2,1-2H3,(H2,23,24,26). The van der Waals surface area contributed by atoms with Gasteiger partial charge in [0.2, 0.25) is 0 Å². The molecule has 26 heavy (non-hydrogen) atoms. The summed E-state index contributed by atoms with van der Waals surface area (Å²) >= 11 is 11.8. The van der Waals surface area contributed by atoms with Gasteiger partial charge in [0.25, 0.3) is 0 Å². The van der Waals surface area contributed by atoms with Crippen LogP contribution in [0.5, 0.6) is 0 Å². The van der Waals surface area contributed by atoms with Gasteiger partial charge in [0.05, 0.1) is 10.7 Å². The average molecular weight is 388 g/mol. The molecule has 1 saturated heterocycles. The number of thiocarbonyl (C=S) groups is 1. The molecule has 3 rings (SSSR count). The maximum Gasteiger partial charge on any atom is 0.171 e. The molecule has 0 aliphatic carbocycles. The van der Waals surface area contributed by atoms with Crippen LogP contribution in [0.25, 0.3) is 0 Å². The van der Waals surface area contributed by atoms with Gasteiger partial charge in [-0.3, -0.25) is 4.90 Å². The molecule has 0 saturated carbocycles. The van der Waals surface area contributed by atoms with Gasteiger partial charge in [-0.2, -0.15) is 0 Å². The van der Waals surface area contributed by atoms with Gasteiger partial charge < -0.3 is 10.6 Å². The van der Waals surface area contributed by atoms with Gasteiger partial charge in [0.15, 0.2) is 5.11 Å². The molecule has 0 atom stereocenters. The van der Waals surface area contributed by atoms with Gasteiger partial charge in [0.1, 0.15) is 0 Å². The summed E-state index contributed by atoms with van der Waals surface area (Å²) in [6.07, 6.45) is 2.66. The molecule has 3 nitrogen and oxygen atoms in total. The SMILES string of the molecule is Cc1cc(C)c(NC(=S)NCc2ccc(CN3CCCC3)cc2)c(Cl)c1. The van der Waals surface area contributed by atoms with Crippen molar-refractivity contribution in [3.63, 3.8) is 0 Å². The summed E-state index contributed by atoms with van der Waals surface area (Å²) in [4.78, 5) is 2.51. The fourth-order valence-electron chi connectivity index (χ4n) is 3.38. The van der Waals surface area contributed by atoms with Crippen molar-refractivity contribution in [2.75, 3.05) is 18.4 Å². The monoisotopic (exact) mass is 387 g/mol. The van der Waals surface area contributed by atoms with E-state index < -0.39 is 0 Å². The number of benzene rings is 2. The second kappa shape index (κ2) is 8.85. The largest absolute Gasteiger partial charge is 0.358 e. The van der Waals surface area contributed by atoms with Gasteiger partial charge in [-0.1, -0.05) is 41.9 Å². The van der Waals surface area contributed by atoms with Gasteiger partial charge in [-0.25, -0.2) is 0 Å². The van der Waals surface area contributed by atoms with Crippen LogP contribution in [0.2, 0.25) is 5.02 Å². The number of rotatable bonds is 5. The molecule has 0 radical (unpaired) electrons. The maximum absolute atomic E-state index is 6.33. The zero-order chi connectivity index (χ0) is 18.5. The molecular formula is C21H26ClN3S. The summed E-state index contributed by atoms with van der Waals surface area (Å²) in [7, 11) is 0. The minimum Gasteiger partial charge on any atom is -0.358 e. The second-order valence-corrected chi connectivity index (χ2v) is 7.86. The number of hydrogen-bond donors (Lipinski definition) is 2. The predicted molar refractivity (Wildman–Crippen MR) is 115 cm³/mol. The third-order valence-electron chi connectivity index (χ3n) is 4.75. The zero-order valence-electron chi connectivity index (χ0n) is 15.4. The molecule has 1 heterocycles. The first kappa shape index (κ1) is 19.2. The van der Waals surface area contributed by atoms with E-state index in [1.807, 2.05) is 19.9 Å². The van der Waals surface area contributed by atoms with Crippen LogP contribution >= 0.6 is 23.8 Å². The Hall–Kier alpha value is -1.62. The van der Waals surface area contributed by atoms with Crippen LogP contribution in [0.15, 0.2) is 36.4 Å². The second-order valence-electron chi connectivity index (χ2n) is 7.05. The number of aryl methyl sites for hydroxylation is 2. The Balaban J connectivity index is 1.51. The van der Waals surface area contributed by atoms with E-state index in [2.05, 4.69) is 45.9 Å². The molecular weight excluding hydrogens is 362 g/mol. The van der Waals surface area contributed by atoms with Crippen LogP contribution in [-0.2, 0) is 13.1 Å². The van der Waals surface area contributed by atoms with Crippen LogP contribution < -0.4 is 10.6 Å². The molecule has 1 fully saturated rings. The molecule has 138 valence electrons. The quantitative estimate of drug-likeness (QED) is 0.703. The predicted octanol–water partition coefficient (Wildman–Crippen LogP) is 5.04. The van der Waals surface area contributed by atoms with E-state index in [1.165, 1.54) is 37.1 Å². The topological polar surface area (TPSA) is 27.3 Å². The van der Waals surface area contributed by atoms with E-state index in [0.717, 1.165) is 23.4 Å². The van der Waals surface area contributed by atoms with Crippen molar-refractivity contribution in [3.05, 3.63) is 63.7 Å².